The first-order valence-corrected chi connectivity index (χ1v) is 5.51. The number of esters is 1. The van der Waals surface area contributed by atoms with Crippen molar-refractivity contribution in [2.24, 2.45) is 0 Å². The fourth-order valence-electron chi connectivity index (χ4n) is 1.77. The molecule has 0 aliphatic carbocycles. The third-order valence-corrected chi connectivity index (χ3v) is 2.54. The lowest BCUT2D eigenvalue weighted by atomic mass is 10.1. The van der Waals surface area contributed by atoms with E-state index in [-0.39, 0.29) is 17.6 Å². The van der Waals surface area contributed by atoms with Gasteiger partial charge in [0.15, 0.2) is 0 Å². The number of aromatic hydroxyl groups is 1. The second-order valence-corrected chi connectivity index (χ2v) is 3.73. The van der Waals surface area contributed by atoms with E-state index < -0.39 is 11.6 Å². The van der Waals surface area contributed by atoms with Crippen LogP contribution in [0, 0.1) is 0 Å². The third kappa shape index (κ3) is 2.20. The third-order valence-electron chi connectivity index (χ3n) is 2.54. The molecule has 0 unspecified atom stereocenters. The second-order valence-electron chi connectivity index (χ2n) is 3.73. The Morgan fingerprint density at radius 3 is 2.94 bits per heavy atom. The smallest absolute Gasteiger partial charge is 0.347 e. The quantitative estimate of drug-likeness (QED) is 0.835. The number of carbonyl (C=O) groups excluding carboxylic acids is 1. The predicted molar refractivity (Wildman–Crippen MR) is 64.5 cm³/mol. The molecule has 0 amide bonds. The summed E-state index contributed by atoms with van der Waals surface area (Å²) in [4.78, 5) is 22.9. The van der Waals surface area contributed by atoms with E-state index >= 15 is 0 Å². The molecule has 0 saturated heterocycles. The van der Waals surface area contributed by atoms with E-state index in [0.717, 1.165) is 0 Å². The monoisotopic (exact) mass is 248 g/mol. The normalized spacial score (nSPS) is 10.5. The molecule has 1 aromatic heterocycles. The van der Waals surface area contributed by atoms with Crippen molar-refractivity contribution in [3.8, 4) is 5.75 Å². The molecule has 0 aliphatic heterocycles. The van der Waals surface area contributed by atoms with Gasteiger partial charge in [-0.15, -0.1) is 0 Å². The van der Waals surface area contributed by atoms with E-state index in [1.807, 2.05) is 0 Å². The van der Waals surface area contributed by atoms with Gasteiger partial charge in [0.25, 0.3) is 0 Å². The van der Waals surface area contributed by atoms with Gasteiger partial charge in [-0.1, -0.05) is 12.1 Å². The zero-order valence-corrected chi connectivity index (χ0v) is 9.80. The first kappa shape index (κ1) is 12.2. The molecule has 18 heavy (non-hydrogen) atoms. The molecule has 2 rings (SSSR count). The Labute approximate surface area is 103 Å². The summed E-state index contributed by atoms with van der Waals surface area (Å²) in [7, 11) is 0. The first-order chi connectivity index (χ1) is 8.63. The van der Waals surface area contributed by atoms with Crippen LogP contribution in [0.5, 0.6) is 5.75 Å². The van der Waals surface area contributed by atoms with E-state index in [1.165, 1.54) is 12.3 Å². The molecule has 0 aliphatic rings. The SMILES string of the molecule is CCOC(=O)Cc1coc(=O)c2c(O)cccc12. The highest BCUT2D eigenvalue weighted by atomic mass is 16.5. The van der Waals surface area contributed by atoms with E-state index in [9.17, 15) is 14.7 Å². The van der Waals surface area contributed by atoms with Crippen molar-refractivity contribution < 1.29 is 19.1 Å². The predicted octanol–water partition coefficient (Wildman–Crippen LogP) is 1.60. The Balaban J connectivity index is 2.53. The molecular formula is C13H12O5. The van der Waals surface area contributed by atoms with Crippen LogP contribution in [0.15, 0.2) is 33.7 Å². The van der Waals surface area contributed by atoms with Gasteiger partial charge in [0.1, 0.15) is 11.1 Å². The minimum Gasteiger partial charge on any atom is -0.507 e. The molecule has 0 radical (unpaired) electrons. The number of benzene rings is 1. The molecule has 1 N–H and O–H groups in total. The molecule has 0 fully saturated rings. The summed E-state index contributed by atoms with van der Waals surface area (Å²) in [5, 5.41) is 10.2. The lowest BCUT2D eigenvalue weighted by molar-refractivity contribution is -0.142. The van der Waals surface area contributed by atoms with Gasteiger partial charge in [-0.3, -0.25) is 4.79 Å². The fourth-order valence-corrected chi connectivity index (χ4v) is 1.77. The van der Waals surface area contributed by atoms with Crippen LogP contribution in [0.4, 0.5) is 0 Å². The van der Waals surface area contributed by atoms with Crippen LogP contribution in [0.3, 0.4) is 0 Å². The van der Waals surface area contributed by atoms with Gasteiger partial charge in [0, 0.05) is 5.56 Å². The number of ether oxygens (including phenoxy) is 1. The molecule has 2 aromatic rings. The molecule has 0 atom stereocenters. The molecular weight excluding hydrogens is 236 g/mol. The average Bonchev–Trinajstić information content (AvgIpc) is 2.33. The van der Waals surface area contributed by atoms with Crippen molar-refractivity contribution >= 4 is 16.7 Å². The standard InChI is InChI=1S/C13H12O5/c1-2-17-11(15)6-8-7-18-13(16)12-9(8)4-3-5-10(12)14/h3-5,7,14H,2,6H2,1H3. The van der Waals surface area contributed by atoms with Gasteiger partial charge in [-0.05, 0) is 18.4 Å². The van der Waals surface area contributed by atoms with E-state index in [2.05, 4.69) is 0 Å². The number of rotatable bonds is 3. The molecule has 0 spiro atoms. The molecule has 5 heteroatoms. The number of hydrogen-bond donors (Lipinski definition) is 1. The van der Waals surface area contributed by atoms with Crippen LogP contribution >= 0.6 is 0 Å². The Bertz CT molecular complexity index is 641. The Kier molecular flexibility index (Phi) is 3.32. The molecule has 1 heterocycles. The van der Waals surface area contributed by atoms with Crippen LogP contribution in [-0.2, 0) is 16.0 Å². The highest BCUT2D eigenvalue weighted by Gasteiger charge is 2.13. The maximum atomic E-state index is 11.5. The number of phenolic OH excluding ortho intramolecular Hbond substituents is 1. The minimum absolute atomic E-state index is 0.00241. The summed E-state index contributed by atoms with van der Waals surface area (Å²) in [6.45, 7) is 2.01. The summed E-state index contributed by atoms with van der Waals surface area (Å²) in [5.41, 5.74) is -0.116. The maximum Gasteiger partial charge on any atom is 0.347 e. The highest BCUT2D eigenvalue weighted by molar-refractivity contribution is 5.91. The van der Waals surface area contributed by atoms with Crippen LogP contribution < -0.4 is 5.63 Å². The molecule has 0 bridgehead atoms. The fraction of sp³-hybridized carbons (Fsp3) is 0.231. The van der Waals surface area contributed by atoms with E-state index in [0.29, 0.717) is 17.6 Å². The molecule has 1 aromatic carbocycles. The van der Waals surface area contributed by atoms with Gasteiger partial charge in [0.2, 0.25) is 0 Å². The summed E-state index contributed by atoms with van der Waals surface area (Å²) >= 11 is 0. The lowest BCUT2D eigenvalue weighted by Crippen LogP contribution is -2.09. The number of fused-ring (bicyclic) bond motifs is 1. The largest absolute Gasteiger partial charge is 0.507 e. The van der Waals surface area contributed by atoms with Crippen molar-refractivity contribution in [2.75, 3.05) is 6.61 Å². The van der Waals surface area contributed by atoms with Crippen molar-refractivity contribution in [1.82, 2.24) is 0 Å². The number of carbonyl (C=O) groups is 1. The van der Waals surface area contributed by atoms with Crippen LogP contribution in [0.25, 0.3) is 10.8 Å². The Morgan fingerprint density at radius 1 is 1.44 bits per heavy atom. The summed E-state index contributed by atoms with van der Waals surface area (Å²) in [6, 6.07) is 4.65. The first-order valence-electron chi connectivity index (χ1n) is 5.51. The summed E-state index contributed by atoms with van der Waals surface area (Å²) in [6.07, 6.45) is 1.22. The minimum atomic E-state index is -0.629. The van der Waals surface area contributed by atoms with E-state index in [1.54, 1.807) is 19.1 Å². The zero-order valence-electron chi connectivity index (χ0n) is 9.80. The van der Waals surface area contributed by atoms with Crippen molar-refractivity contribution in [3.63, 3.8) is 0 Å². The number of hydrogen-bond acceptors (Lipinski definition) is 5. The lowest BCUT2D eigenvalue weighted by Gasteiger charge is -2.05. The zero-order chi connectivity index (χ0) is 13.1. The topological polar surface area (TPSA) is 76.7 Å². The van der Waals surface area contributed by atoms with Gasteiger partial charge >= 0.3 is 11.6 Å². The maximum absolute atomic E-state index is 11.5. The Hall–Kier alpha value is -2.30. The van der Waals surface area contributed by atoms with Gasteiger partial charge in [-0.2, -0.15) is 0 Å². The van der Waals surface area contributed by atoms with Crippen LogP contribution in [0.2, 0.25) is 0 Å². The van der Waals surface area contributed by atoms with Crippen LogP contribution in [0.1, 0.15) is 12.5 Å². The van der Waals surface area contributed by atoms with Gasteiger partial charge in [-0.25, -0.2) is 4.79 Å². The highest BCUT2D eigenvalue weighted by Crippen LogP contribution is 2.24. The summed E-state index contributed by atoms with van der Waals surface area (Å²) in [5.74, 6) is -0.567. The van der Waals surface area contributed by atoms with E-state index in [4.69, 9.17) is 9.15 Å². The van der Waals surface area contributed by atoms with Crippen molar-refractivity contribution in [1.29, 1.82) is 0 Å². The summed E-state index contributed by atoms with van der Waals surface area (Å²) < 4.78 is 9.64. The van der Waals surface area contributed by atoms with Crippen molar-refractivity contribution in [3.05, 3.63) is 40.4 Å². The van der Waals surface area contributed by atoms with Crippen LogP contribution in [-0.4, -0.2) is 17.7 Å². The van der Waals surface area contributed by atoms with Gasteiger partial charge in [0.05, 0.1) is 19.3 Å². The molecule has 5 nitrogen and oxygen atoms in total. The number of phenols is 1. The van der Waals surface area contributed by atoms with Crippen molar-refractivity contribution in [2.45, 2.75) is 13.3 Å². The Morgan fingerprint density at radius 2 is 2.22 bits per heavy atom. The average molecular weight is 248 g/mol. The van der Waals surface area contributed by atoms with Gasteiger partial charge < -0.3 is 14.3 Å². The second kappa shape index (κ2) is 4.91. The molecule has 94 valence electrons. The molecule has 0 saturated carbocycles.